The van der Waals surface area contributed by atoms with E-state index in [1.807, 2.05) is 4.72 Å². The molecule has 1 unspecified atom stereocenters. The molecule has 0 spiro atoms. The lowest BCUT2D eigenvalue weighted by molar-refractivity contribution is -0.136. The number of para-hydroxylation sites is 1. The van der Waals surface area contributed by atoms with E-state index in [2.05, 4.69) is 0 Å². The van der Waals surface area contributed by atoms with E-state index >= 15 is 0 Å². The number of amides is 1. The smallest absolute Gasteiger partial charge is 0.418 e. The van der Waals surface area contributed by atoms with Gasteiger partial charge in [-0.1, -0.05) is 19.1 Å². The second-order valence-corrected chi connectivity index (χ2v) is 10.3. The Morgan fingerprint density at radius 1 is 1.16 bits per heavy atom. The lowest BCUT2D eigenvalue weighted by Crippen LogP contribution is -2.30. The highest BCUT2D eigenvalue weighted by Crippen LogP contribution is 2.38. The number of ether oxygens (including phenoxy) is 1. The summed E-state index contributed by atoms with van der Waals surface area (Å²) in [4.78, 5) is 11.7. The Hall–Kier alpha value is -2.80. The van der Waals surface area contributed by atoms with E-state index in [0.717, 1.165) is 31.4 Å². The number of methoxy groups -OCH3 is 1. The Morgan fingerprint density at radius 3 is 2.35 bits per heavy atom. The number of carbonyl (C=O) groups excluding carboxylic acids is 1. The summed E-state index contributed by atoms with van der Waals surface area (Å²) in [6, 6.07) is 7.13. The SMILES string of the molecule is COc1ccc(N2C(=O)C(C)CS2(=O)=O)cc1S(=O)(=O)Nc1ccccc1C(F)(F)F. The van der Waals surface area contributed by atoms with Crippen molar-refractivity contribution in [3.05, 3.63) is 48.0 Å². The van der Waals surface area contributed by atoms with Gasteiger partial charge in [0.05, 0.1) is 35.7 Å². The van der Waals surface area contributed by atoms with Crippen molar-refractivity contribution in [1.82, 2.24) is 0 Å². The summed E-state index contributed by atoms with van der Waals surface area (Å²) >= 11 is 0. The van der Waals surface area contributed by atoms with Crippen LogP contribution in [0, 0.1) is 5.92 Å². The first-order valence-electron chi connectivity index (χ1n) is 8.72. The van der Waals surface area contributed by atoms with Gasteiger partial charge >= 0.3 is 6.18 Å². The first-order valence-corrected chi connectivity index (χ1v) is 11.8. The Kier molecular flexibility index (Phi) is 5.69. The minimum Gasteiger partial charge on any atom is -0.495 e. The third kappa shape index (κ3) is 4.32. The van der Waals surface area contributed by atoms with E-state index in [1.54, 1.807) is 0 Å². The molecule has 1 amide bonds. The van der Waals surface area contributed by atoms with Crippen LogP contribution in [0.1, 0.15) is 12.5 Å². The van der Waals surface area contributed by atoms with Crippen molar-refractivity contribution in [3.8, 4) is 5.75 Å². The van der Waals surface area contributed by atoms with Crippen LogP contribution in [0.5, 0.6) is 5.75 Å². The number of sulfonamides is 2. The van der Waals surface area contributed by atoms with Gasteiger partial charge in [-0.2, -0.15) is 13.2 Å². The van der Waals surface area contributed by atoms with Gasteiger partial charge in [-0.15, -0.1) is 0 Å². The number of hydrogen-bond donors (Lipinski definition) is 1. The summed E-state index contributed by atoms with van der Waals surface area (Å²) in [5.41, 5.74) is -2.19. The molecule has 1 aliphatic heterocycles. The van der Waals surface area contributed by atoms with Crippen molar-refractivity contribution in [2.75, 3.05) is 21.9 Å². The van der Waals surface area contributed by atoms with Crippen LogP contribution in [-0.2, 0) is 31.0 Å². The topological polar surface area (TPSA) is 110 Å². The van der Waals surface area contributed by atoms with Crippen LogP contribution in [0.25, 0.3) is 0 Å². The first-order chi connectivity index (χ1) is 14.3. The van der Waals surface area contributed by atoms with Crippen LogP contribution >= 0.6 is 0 Å². The van der Waals surface area contributed by atoms with Crippen molar-refractivity contribution < 1.29 is 39.5 Å². The van der Waals surface area contributed by atoms with Crippen molar-refractivity contribution in [2.45, 2.75) is 18.0 Å². The van der Waals surface area contributed by atoms with Crippen LogP contribution in [0.15, 0.2) is 47.4 Å². The molecule has 3 rings (SSSR count). The van der Waals surface area contributed by atoms with Crippen molar-refractivity contribution >= 4 is 37.3 Å². The zero-order valence-corrected chi connectivity index (χ0v) is 17.8. The summed E-state index contributed by atoms with van der Waals surface area (Å²) in [7, 11) is -7.56. The summed E-state index contributed by atoms with van der Waals surface area (Å²) < 4.78 is 97.5. The highest BCUT2D eigenvalue weighted by molar-refractivity contribution is 7.94. The molecule has 1 heterocycles. The Balaban J connectivity index is 2.11. The van der Waals surface area contributed by atoms with Crippen molar-refractivity contribution in [2.24, 2.45) is 5.92 Å². The zero-order chi connectivity index (χ0) is 23.2. The van der Waals surface area contributed by atoms with Gasteiger partial charge in [-0.05, 0) is 30.3 Å². The number of nitrogens with zero attached hydrogens (tertiary/aromatic N) is 1. The van der Waals surface area contributed by atoms with Gasteiger partial charge in [-0.3, -0.25) is 9.52 Å². The molecule has 0 saturated carbocycles. The molecule has 0 aliphatic carbocycles. The fraction of sp³-hybridized carbons (Fsp3) is 0.278. The Bertz CT molecular complexity index is 1240. The van der Waals surface area contributed by atoms with Crippen molar-refractivity contribution in [1.29, 1.82) is 0 Å². The zero-order valence-electron chi connectivity index (χ0n) is 16.2. The minimum absolute atomic E-state index is 0.252. The number of alkyl halides is 3. The molecule has 0 bridgehead atoms. The normalized spacial score (nSPS) is 18.8. The average Bonchev–Trinajstić information content (AvgIpc) is 2.87. The van der Waals surface area contributed by atoms with Crippen LogP contribution in [0.3, 0.4) is 0 Å². The molecule has 1 aliphatic rings. The van der Waals surface area contributed by atoms with Gasteiger partial charge in [0.15, 0.2) is 0 Å². The van der Waals surface area contributed by atoms with Gasteiger partial charge in [0.1, 0.15) is 10.6 Å². The first kappa shape index (κ1) is 22.9. The molecule has 1 saturated heterocycles. The third-order valence-corrected chi connectivity index (χ3v) is 7.76. The standard InChI is InChI=1S/C18H17F3N2O6S2/c1-11-10-30(25,26)23(17(11)24)12-7-8-15(29-2)16(9-12)31(27,28)22-14-6-4-3-5-13(14)18(19,20)21/h3-9,11,22H,10H2,1-2H3. The molecule has 1 atom stereocenters. The molecule has 2 aromatic rings. The molecular weight excluding hydrogens is 461 g/mol. The molecule has 168 valence electrons. The number of carbonyl (C=O) groups is 1. The van der Waals surface area contributed by atoms with E-state index in [0.29, 0.717) is 10.4 Å². The van der Waals surface area contributed by atoms with Crippen LogP contribution in [0.4, 0.5) is 24.5 Å². The highest BCUT2D eigenvalue weighted by Gasteiger charge is 2.42. The van der Waals surface area contributed by atoms with Gasteiger partial charge in [0.2, 0.25) is 15.9 Å². The van der Waals surface area contributed by atoms with E-state index in [9.17, 15) is 34.8 Å². The number of halogens is 3. The third-order valence-electron chi connectivity index (χ3n) is 4.51. The monoisotopic (exact) mass is 478 g/mol. The van der Waals surface area contributed by atoms with Gasteiger partial charge in [0, 0.05) is 0 Å². The maximum atomic E-state index is 13.2. The molecule has 2 aromatic carbocycles. The Morgan fingerprint density at radius 2 is 1.81 bits per heavy atom. The van der Waals surface area contributed by atoms with Crippen molar-refractivity contribution in [3.63, 3.8) is 0 Å². The fourth-order valence-corrected chi connectivity index (χ4v) is 6.19. The second kappa shape index (κ2) is 7.71. The van der Waals surface area contributed by atoms with Crippen LogP contribution in [0.2, 0.25) is 0 Å². The molecule has 1 N–H and O–H groups in total. The number of anilines is 2. The molecule has 1 fully saturated rings. The number of nitrogens with one attached hydrogen (secondary N) is 1. The number of benzene rings is 2. The molecule has 13 heteroatoms. The minimum atomic E-state index is -4.82. The number of rotatable bonds is 5. The summed E-state index contributed by atoms with van der Waals surface area (Å²) in [5.74, 6) is -2.28. The van der Waals surface area contributed by atoms with E-state index in [4.69, 9.17) is 4.74 Å². The quantitative estimate of drug-likeness (QED) is 0.708. The predicted octanol–water partition coefficient (Wildman–Crippen LogP) is 2.83. The van der Waals surface area contributed by atoms with Crippen LogP contribution < -0.4 is 13.8 Å². The molecule has 31 heavy (non-hydrogen) atoms. The summed E-state index contributed by atoms with van der Waals surface area (Å²) in [5, 5.41) is 0. The molecule has 0 radical (unpaired) electrons. The van der Waals surface area contributed by atoms with E-state index in [1.165, 1.54) is 19.1 Å². The summed E-state index contributed by atoms with van der Waals surface area (Å²) in [6.45, 7) is 1.41. The largest absolute Gasteiger partial charge is 0.495 e. The molecule has 8 nitrogen and oxygen atoms in total. The maximum Gasteiger partial charge on any atom is 0.418 e. The van der Waals surface area contributed by atoms with E-state index < -0.39 is 59.9 Å². The van der Waals surface area contributed by atoms with Gasteiger partial charge in [0.25, 0.3) is 10.0 Å². The van der Waals surface area contributed by atoms with Gasteiger partial charge < -0.3 is 4.74 Å². The van der Waals surface area contributed by atoms with E-state index in [-0.39, 0.29) is 11.4 Å². The average molecular weight is 478 g/mol. The lowest BCUT2D eigenvalue weighted by atomic mass is 10.2. The molecular formula is C18H17F3N2O6S2. The number of hydrogen-bond acceptors (Lipinski definition) is 6. The lowest BCUT2D eigenvalue weighted by Gasteiger charge is -2.19. The Labute approximate surface area is 176 Å². The predicted molar refractivity (Wildman–Crippen MR) is 106 cm³/mol. The highest BCUT2D eigenvalue weighted by atomic mass is 32.2. The van der Waals surface area contributed by atoms with Gasteiger partial charge in [-0.25, -0.2) is 21.1 Å². The molecule has 0 aromatic heterocycles. The second-order valence-electron chi connectivity index (χ2n) is 6.77. The summed E-state index contributed by atoms with van der Waals surface area (Å²) in [6.07, 6.45) is -4.82. The fourth-order valence-electron chi connectivity index (χ4n) is 3.11. The maximum absolute atomic E-state index is 13.2. The van der Waals surface area contributed by atoms with Crippen LogP contribution in [-0.4, -0.2) is 35.6 Å².